The second-order valence-electron chi connectivity index (χ2n) is 8.18. The molecule has 0 fully saturated rings. The summed E-state index contributed by atoms with van der Waals surface area (Å²) in [7, 11) is 0. The van der Waals surface area contributed by atoms with Crippen LogP contribution in [0.3, 0.4) is 0 Å². The Hall–Kier alpha value is -3.26. The molecular formula is C28H28N2. The van der Waals surface area contributed by atoms with Gasteiger partial charge >= 0.3 is 0 Å². The summed E-state index contributed by atoms with van der Waals surface area (Å²) in [5, 5.41) is 2.66. The van der Waals surface area contributed by atoms with E-state index in [-0.39, 0.29) is 5.41 Å². The zero-order chi connectivity index (χ0) is 20.7. The Labute approximate surface area is 178 Å². The minimum atomic E-state index is -0.263. The van der Waals surface area contributed by atoms with Crippen molar-refractivity contribution in [3.63, 3.8) is 0 Å². The molecule has 2 heteroatoms. The van der Waals surface area contributed by atoms with Crippen LogP contribution in [0.25, 0.3) is 21.8 Å². The van der Waals surface area contributed by atoms with Gasteiger partial charge in [0.2, 0.25) is 0 Å². The van der Waals surface area contributed by atoms with Gasteiger partial charge in [-0.25, -0.2) is 0 Å². The smallest absolute Gasteiger partial charge is 0.0483 e. The van der Waals surface area contributed by atoms with Crippen molar-refractivity contribution in [1.82, 2.24) is 9.13 Å². The molecule has 0 aliphatic heterocycles. The quantitative estimate of drug-likeness (QED) is 0.305. The van der Waals surface area contributed by atoms with E-state index in [4.69, 9.17) is 0 Å². The van der Waals surface area contributed by atoms with Crippen LogP contribution in [0.2, 0.25) is 0 Å². The number of benzene rings is 3. The molecule has 150 valence electrons. The van der Waals surface area contributed by atoms with E-state index in [1.54, 1.807) is 0 Å². The number of nitrogens with zero attached hydrogens (tertiary/aromatic N) is 2. The van der Waals surface area contributed by atoms with Crippen LogP contribution in [-0.2, 0) is 18.5 Å². The normalized spacial score (nSPS) is 12.1. The van der Waals surface area contributed by atoms with E-state index in [0.29, 0.717) is 0 Å². The summed E-state index contributed by atoms with van der Waals surface area (Å²) >= 11 is 0. The highest BCUT2D eigenvalue weighted by atomic mass is 15.0. The summed E-state index contributed by atoms with van der Waals surface area (Å²) < 4.78 is 4.76. The zero-order valence-electron chi connectivity index (χ0n) is 18.0. The Balaban J connectivity index is 1.91. The molecule has 2 heterocycles. The molecule has 2 nitrogen and oxygen atoms in total. The first-order chi connectivity index (χ1) is 14.7. The minimum Gasteiger partial charge on any atom is -0.347 e. The van der Waals surface area contributed by atoms with Crippen molar-refractivity contribution in [1.29, 1.82) is 0 Å². The van der Waals surface area contributed by atoms with Gasteiger partial charge < -0.3 is 9.13 Å². The Kier molecular flexibility index (Phi) is 4.51. The van der Waals surface area contributed by atoms with Crippen LogP contribution < -0.4 is 0 Å². The first-order valence-electron chi connectivity index (χ1n) is 10.9. The zero-order valence-corrected chi connectivity index (χ0v) is 18.0. The van der Waals surface area contributed by atoms with Crippen LogP contribution >= 0.6 is 0 Å². The van der Waals surface area contributed by atoms with Crippen LogP contribution in [0.1, 0.15) is 37.5 Å². The minimum absolute atomic E-state index is 0.263. The highest BCUT2D eigenvalue weighted by molar-refractivity contribution is 5.91. The lowest BCUT2D eigenvalue weighted by atomic mass is 9.71. The summed E-state index contributed by atoms with van der Waals surface area (Å²) in [5.41, 5.74) is 6.40. The molecule has 0 N–H and O–H groups in total. The Morgan fingerprint density at radius 3 is 1.50 bits per heavy atom. The molecule has 0 saturated heterocycles. The standard InChI is InChI=1S/C28H28N2/c1-4-29-19-24(22-15-9-11-17-26(22)29)28(3,21-13-7-6-8-14-21)25-20-30(5-2)27-18-12-10-16-23(25)27/h6-20H,4-5H2,1-3H3. The third-order valence-electron chi connectivity index (χ3n) is 6.69. The molecule has 0 spiro atoms. The number of hydrogen-bond donors (Lipinski definition) is 0. The maximum Gasteiger partial charge on any atom is 0.0483 e. The van der Waals surface area contributed by atoms with Gasteiger partial charge in [-0.05, 0) is 49.6 Å². The predicted molar refractivity (Wildman–Crippen MR) is 127 cm³/mol. The molecule has 0 aliphatic rings. The Bertz CT molecular complexity index is 1240. The molecule has 5 rings (SSSR count). The maximum absolute atomic E-state index is 2.39. The summed E-state index contributed by atoms with van der Waals surface area (Å²) in [5.74, 6) is 0. The second kappa shape index (κ2) is 7.21. The van der Waals surface area contributed by atoms with Gasteiger partial charge in [-0.2, -0.15) is 0 Å². The topological polar surface area (TPSA) is 9.86 Å². The SMILES string of the molecule is CCn1cc(C(C)(c2ccccc2)c2cn(CC)c3ccccc23)c2ccccc21. The van der Waals surface area contributed by atoms with Gasteiger partial charge in [-0.15, -0.1) is 0 Å². The maximum atomic E-state index is 2.39. The van der Waals surface area contributed by atoms with Crippen molar-refractivity contribution in [2.24, 2.45) is 0 Å². The van der Waals surface area contributed by atoms with Crippen molar-refractivity contribution in [2.75, 3.05) is 0 Å². The van der Waals surface area contributed by atoms with Crippen LogP contribution in [-0.4, -0.2) is 9.13 Å². The molecule has 5 aromatic rings. The molecule has 0 aliphatic carbocycles. The van der Waals surface area contributed by atoms with E-state index in [1.165, 1.54) is 38.5 Å². The fraction of sp³-hybridized carbons (Fsp3) is 0.214. The highest BCUT2D eigenvalue weighted by Gasteiger charge is 2.36. The van der Waals surface area contributed by atoms with E-state index in [1.807, 2.05) is 0 Å². The lowest BCUT2D eigenvalue weighted by Crippen LogP contribution is -2.25. The van der Waals surface area contributed by atoms with E-state index in [0.717, 1.165) is 13.1 Å². The number of para-hydroxylation sites is 2. The van der Waals surface area contributed by atoms with Crippen LogP contribution in [0, 0.1) is 0 Å². The number of fused-ring (bicyclic) bond motifs is 2. The molecular weight excluding hydrogens is 364 g/mol. The first kappa shape index (κ1) is 18.7. The van der Waals surface area contributed by atoms with Crippen molar-refractivity contribution in [2.45, 2.75) is 39.3 Å². The molecule has 0 saturated carbocycles. The van der Waals surface area contributed by atoms with Crippen molar-refractivity contribution in [3.05, 3.63) is 108 Å². The number of aromatic nitrogens is 2. The van der Waals surface area contributed by atoms with E-state index in [9.17, 15) is 0 Å². The number of rotatable bonds is 5. The molecule has 0 unspecified atom stereocenters. The van der Waals surface area contributed by atoms with Gasteiger partial charge in [0.05, 0.1) is 0 Å². The average Bonchev–Trinajstić information content (AvgIpc) is 3.38. The molecule has 0 radical (unpaired) electrons. The molecule has 0 amide bonds. The van der Waals surface area contributed by atoms with Gasteiger partial charge in [0, 0.05) is 52.7 Å². The Morgan fingerprint density at radius 2 is 1.03 bits per heavy atom. The fourth-order valence-corrected chi connectivity index (χ4v) is 5.04. The molecule has 0 atom stereocenters. The van der Waals surface area contributed by atoms with Gasteiger partial charge in [-0.1, -0.05) is 66.7 Å². The average molecular weight is 393 g/mol. The molecule has 0 bridgehead atoms. The summed E-state index contributed by atoms with van der Waals surface area (Å²) in [4.78, 5) is 0. The van der Waals surface area contributed by atoms with Gasteiger partial charge in [0.25, 0.3) is 0 Å². The first-order valence-corrected chi connectivity index (χ1v) is 10.9. The lowest BCUT2D eigenvalue weighted by Gasteiger charge is -2.31. The van der Waals surface area contributed by atoms with Gasteiger partial charge in [-0.3, -0.25) is 0 Å². The number of aryl methyl sites for hydroxylation is 2. The second-order valence-corrected chi connectivity index (χ2v) is 8.18. The van der Waals surface area contributed by atoms with E-state index >= 15 is 0 Å². The summed E-state index contributed by atoms with van der Waals surface area (Å²) in [6, 6.07) is 28.6. The van der Waals surface area contributed by atoms with Crippen molar-refractivity contribution in [3.8, 4) is 0 Å². The molecule has 30 heavy (non-hydrogen) atoms. The van der Waals surface area contributed by atoms with E-state index in [2.05, 4.69) is 121 Å². The molecule has 2 aromatic heterocycles. The monoisotopic (exact) mass is 392 g/mol. The largest absolute Gasteiger partial charge is 0.347 e. The third kappa shape index (κ3) is 2.64. The Morgan fingerprint density at radius 1 is 0.600 bits per heavy atom. The van der Waals surface area contributed by atoms with Crippen LogP contribution in [0.4, 0.5) is 0 Å². The van der Waals surface area contributed by atoms with Crippen molar-refractivity contribution >= 4 is 21.8 Å². The fourth-order valence-electron chi connectivity index (χ4n) is 5.04. The highest BCUT2D eigenvalue weighted by Crippen LogP contribution is 2.45. The number of hydrogen-bond acceptors (Lipinski definition) is 0. The summed E-state index contributed by atoms with van der Waals surface area (Å²) in [6.45, 7) is 8.76. The van der Waals surface area contributed by atoms with Crippen molar-refractivity contribution < 1.29 is 0 Å². The van der Waals surface area contributed by atoms with E-state index < -0.39 is 0 Å². The van der Waals surface area contributed by atoms with Gasteiger partial charge in [0.1, 0.15) is 0 Å². The predicted octanol–water partition coefficient (Wildman–Crippen LogP) is 6.99. The van der Waals surface area contributed by atoms with Crippen LogP contribution in [0.5, 0.6) is 0 Å². The summed E-state index contributed by atoms with van der Waals surface area (Å²) in [6.07, 6.45) is 4.74. The van der Waals surface area contributed by atoms with Crippen LogP contribution in [0.15, 0.2) is 91.3 Å². The molecule has 3 aromatic carbocycles. The van der Waals surface area contributed by atoms with Gasteiger partial charge in [0.15, 0.2) is 0 Å². The lowest BCUT2D eigenvalue weighted by molar-refractivity contribution is 0.684. The third-order valence-corrected chi connectivity index (χ3v) is 6.69.